The first-order valence-corrected chi connectivity index (χ1v) is 12.0. The van der Waals surface area contributed by atoms with Crippen molar-refractivity contribution in [3.63, 3.8) is 0 Å². The lowest BCUT2D eigenvalue weighted by molar-refractivity contribution is 0.0696. The molecule has 1 heterocycles. The number of hydrogen-bond donors (Lipinski definition) is 3. The van der Waals surface area contributed by atoms with Crippen LogP contribution in [0.25, 0.3) is 0 Å². The molecule has 3 aromatic rings. The van der Waals surface area contributed by atoms with E-state index in [9.17, 15) is 17.8 Å². The van der Waals surface area contributed by atoms with Crippen molar-refractivity contribution in [2.45, 2.75) is 9.10 Å². The van der Waals surface area contributed by atoms with E-state index < -0.39 is 27.4 Å². The summed E-state index contributed by atoms with van der Waals surface area (Å²) in [5.41, 5.74) is 0.149. The normalized spacial score (nSPS) is 12.4. The van der Waals surface area contributed by atoms with Crippen LogP contribution in [0.15, 0.2) is 63.0 Å². The van der Waals surface area contributed by atoms with Gasteiger partial charge in [-0.2, -0.15) is 0 Å². The molecule has 7 nitrogen and oxygen atoms in total. The molecule has 0 amide bonds. The summed E-state index contributed by atoms with van der Waals surface area (Å²) in [6.07, 6.45) is 0. The van der Waals surface area contributed by atoms with E-state index in [1.54, 1.807) is 17.5 Å². The Labute approximate surface area is 183 Å². The van der Waals surface area contributed by atoms with Gasteiger partial charge in [-0.3, -0.25) is 4.72 Å². The summed E-state index contributed by atoms with van der Waals surface area (Å²) >= 11 is 11.7. The largest absolute Gasteiger partial charge is 0.587 e. The van der Waals surface area contributed by atoms with Gasteiger partial charge in [-0.15, -0.1) is 0 Å². The highest BCUT2D eigenvalue weighted by atomic mass is 35.5. The summed E-state index contributed by atoms with van der Waals surface area (Å²) in [6, 6.07) is 10.7. The summed E-state index contributed by atoms with van der Waals surface area (Å²) in [7, 11) is -4.08. The monoisotopic (exact) mass is 490 g/mol. The summed E-state index contributed by atoms with van der Waals surface area (Å²) < 4.78 is 43.5. The second kappa shape index (κ2) is 8.82. The highest BCUT2D eigenvalue weighted by Gasteiger charge is 2.21. The number of hydrogen-bond acceptors (Lipinski definition) is 6. The number of benzene rings is 2. The van der Waals surface area contributed by atoms with Gasteiger partial charge in [0.1, 0.15) is 17.0 Å². The molecule has 1 atom stereocenters. The van der Waals surface area contributed by atoms with Crippen LogP contribution in [-0.4, -0.2) is 24.0 Å². The zero-order chi connectivity index (χ0) is 21.2. The second-order valence-corrected chi connectivity index (χ2v) is 10.4. The van der Waals surface area contributed by atoms with Crippen molar-refractivity contribution < 1.29 is 22.9 Å². The standard InChI is InChI=1S/C17H12Cl2N2O5S3/c18-12-8-14(20-28(24)16-2-1-7-27-16)15(9-13(12)19)21-29(25,26)11-5-3-10(4-6-11)17(22)23/h1-9,20-21H,(H,22,23). The molecule has 0 fully saturated rings. The molecule has 0 spiro atoms. The second-order valence-electron chi connectivity index (χ2n) is 5.55. The van der Waals surface area contributed by atoms with Crippen molar-refractivity contribution in [2.75, 3.05) is 9.44 Å². The third-order valence-corrected chi connectivity index (χ3v) is 8.01. The van der Waals surface area contributed by atoms with Crippen molar-refractivity contribution in [3.8, 4) is 0 Å². The average Bonchev–Trinajstić information content (AvgIpc) is 3.20. The van der Waals surface area contributed by atoms with E-state index in [0.29, 0.717) is 4.21 Å². The number of carbonyl (C=O) groups is 1. The molecule has 2 aromatic carbocycles. The summed E-state index contributed by atoms with van der Waals surface area (Å²) in [5.74, 6) is -1.17. The van der Waals surface area contributed by atoms with Gasteiger partial charge in [-0.1, -0.05) is 34.5 Å². The predicted molar refractivity (Wildman–Crippen MR) is 115 cm³/mol. The van der Waals surface area contributed by atoms with E-state index in [0.717, 1.165) is 0 Å². The molecule has 0 saturated heterocycles. The Morgan fingerprint density at radius 3 is 2.24 bits per heavy atom. The molecule has 1 aromatic heterocycles. The number of nitrogens with one attached hydrogen (secondary N) is 2. The molecule has 152 valence electrons. The highest BCUT2D eigenvalue weighted by molar-refractivity contribution is 7.94. The van der Waals surface area contributed by atoms with E-state index in [2.05, 4.69) is 9.44 Å². The van der Waals surface area contributed by atoms with Gasteiger partial charge in [-0.25, -0.2) is 17.9 Å². The molecule has 0 aliphatic carbocycles. The van der Waals surface area contributed by atoms with Gasteiger partial charge in [0.25, 0.3) is 10.0 Å². The zero-order valence-corrected chi connectivity index (χ0v) is 18.2. The number of rotatable bonds is 7. The van der Waals surface area contributed by atoms with Crippen LogP contribution in [-0.2, 0) is 21.4 Å². The van der Waals surface area contributed by atoms with Gasteiger partial charge in [0.15, 0.2) is 0 Å². The maximum absolute atomic E-state index is 12.7. The van der Waals surface area contributed by atoms with Crippen molar-refractivity contribution in [1.29, 1.82) is 0 Å². The quantitative estimate of drug-likeness (QED) is 0.413. The Morgan fingerprint density at radius 2 is 1.69 bits per heavy atom. The fourth-order valence-corrected chi connectivity index (χ4v) is 5.37. The van der Waals surface area contributed by atoms with Crippen LogP contribution in [0.1, 0.15) is 10.4 Å². The lowest BCUT2D eigenvalue weighted by atomic mass is 10.2. The van der Waals surface area contributed by atoms with Crippen LogP contribution in [0.2, 0.25) is 10.0 Å². The molecule has 0 saturated carbocycles. The molecular weight excluding hydrogens is 479 g/mol. The smallest absolute Gasteiger partial charge is 0.335 e. The molecule has 0 aliphatic rings. The molecule has 12 heteroatoms. The predicted octanol–water partition coefficient (Wildman–Crippen LogP) is 4.69. The number of carboxylic acid groups (broad SMARTS) is 1. The molecule has 29 heavy (non-hydrogen) atoms. The molecule has 0 aliphatic heterocycles. The molecule has 3 N–H and O–H groups in total. The van der Waals surface area contributed by atoms with E-state index in [-0.39, 0.29) is 31.9 Å². The first kappa shape index (κ1) is 21.8. The molecule has 1 unspecified atom stereocenters. The minimum Gasteiger partial charge on any atom is -0.587 e. The number of carboxylic acids is 1. The van der Waals surface area contributed by atoms with Crippen molar-refractivity contribution in [1.82, 2.24) is 0 Å². The van der Waals surface area contributed by atoms with Crippen molar-refractivity contribution in [2.24, 2.45) is 0 Å². The number of thiophene rings is 1. The fraction of sp³-hybridized carbons (Fsp3) is 0. The van der Waals surface area contributed by atoms with Crippen molar-refractivity contribution in [3.05, 3.63) is 69.5 Å². The van der Waals surface area contributed by atoms with Crippen LogP contribution in [0, 0.1) is 0 Å². The van der Waals surface area contributed by atoms with E-state index in [1.807, 2.05) is 0 Å². The third-order valence-electron chi connectivity index (χ3n) is 3.60. The van der Waals surface area contributed by atoms with Gasteiger partial charge in [0.2, 0.25) is 4.21 Å². The summed E-state index contributed by atoms with van der Waals surface area (Å²) in [6.45, 7) is 0. The van der Waals surface area contributed by atoms with Crippen LogP contribution in [0.3, 0.4) is 0 Å². The summed E-state index contributed by atoms with van der Waals surface area (Å²) in [5, 5.41) is 10.9. The van der Waals surface area contributed by atoms with Crippen LogP contribution in [0.5, 0.6) is 0 Å². The van der Waals surface area contributed by atoms with E-state index in [1.165, 1.54) is 47.7 Å². The number of sulfonamides is 1. The van der Waals surface area contributed by atoms with Crippen LogP contribution < -0.4 is 9.44 Å². The maximum atomic E-state index is 12.7. The van der Waals surface area contributed by atoms with Gasteiger partial charge in [0, 0.05) is 6.07 Å². The average molecular weight is 491 g/mol. The van der Waals surface area contributed by atoms with E-state index >= 15 is 0 Å². The van der Waals surface area contributed by atoms with Crippen molar-refractivity contribution >= 4 is 73.3 Å². The van der Waals surface area contributed by atoms with Crippen LogP contribution >= 0.6 is 34.5 Å². The molecule has 0 bridgehead atoms. The first-order chi connectivity index (χ1) is 13.7. The fourth-order valence-electron chi connectivity index (χ4n) is 2.22. The van der Waals surface area contributed by atoms with Gasteiger partial charge < -0.3 is 9.66 Å². The number of halogens is 2. The van der Waals surface area contributed by atoms with Gasteiger partial charge >= 0.3 is 5.97 Å². The van der Waals surface area contributed by atoms with Gasteiger partial charge in [0.05, 0.1) is 26.2 Å². The lowest BCUT2D eigenvalue weighted by Gasteiger charge is -2.16. The Kier molecular flexibility index (Phi) is 6.62. The third kappa shape index (κ3) is 5.16. The highest BCUT2D eigenvalue weighted by Crippen LogP contribution is 2.35. The number of anilines is 2. The first-order valence-electron chi connectivity index (χ1n) is 7.74. The zero-order valence-electron chi connectivity index (χ0n) is 14.3. The SMILES string of the molecule is O=C(O)c1ccc(S(=O)(=O)Nc2cc(Cl)c(Cl)cc2N[S+]([O-])c2cccs2)cc1. The number of aromatic carboxylic acids is 1. The Balaban J connectivity index is 1.92. The van der Waals surface area contributed by atoms with Crippen LogP contribution in [0.4, 0.5) is 11.4 Å². The maximum Gasteiger partial charge on any atom is 0.335 e. The minimum atomic E-state index is -4.08. The van der Waals surface area contributed by atoms with Gasteiger partial charge in [-0.05, 0) is 47.8 Å². The Morgan fingerprint density at radius 1 is 1.07 bits per heavy atom. The topological polar surface area (TPSA) is 119 Å². The molecule has 3 rings (SSSR count). The molecule has 0 radical (unpaired) electrons. The summed E-state index contributed by atoms with van der Waals surface area (Å²) in [4.78, 5) is 10.8. The Bertz CT molecular complexity index is 1140. The Hall–Kier alpha value is -1.95. The lowest BCUT2D eigenvalue weighted by Crippen LogP contribution is -2.17. The van der Waals surface area contributed by atoms with E-state index in [4.69, 9.17) is 28.3 Å². The minimum absolute atomic E-state index is 0.0339. The molecular formula is C17H12Cl2N2O5S3.